The third-order valence-electron chi connectivity index (χ3n) is 1.60. The predicted octanol–water partition coefficient (Wildman–Crippen LogP) is 2.78. The topological polar surface area (TPSA) is 0 Å². The van der Waals surface area contributed by atoms with Crippen molar-refractivity contribution >= 4 is 11.6 Å². The summed E-state index contributed by atoms with van der Waals surface area (Å²) in [6.07, 6.45) is 0.799. The molecule has 0 aromatic heterocycles. The molecule has 0 unspecified atom stereocenters. The Kier molecular flexibility index (Phi) is 3.70. The lowest BCUT2D eigenvalue weighted by molar-refractivity contribution is 1.30. The van der Waals surface area contributed by atoms with Gasteiger partial charge in [0.15, 0.2) is 0 Å². The Morgan fingerprint density at radius 3 is 2.42 bits per heavy atom. The molecule has 0 aliphatic carbocycles. The Morgan fingerprint density at radius 1 is 1.17 bits per heavy atom. The molecular weight excluding hydrogens is 168 g/mol. The average Bonchev–Trinajstić information content (AvgIpc) is 2.09. The molecule has 1 heteroatoms. The van der Waals surface area contributed by atoms with Crippen LogP contribution < -0.4 is 0 Å². The van der Waals surface area contributed by atoms with Gasteiger partial charge in [-0.05, 0) is 12.5 Å². The molecule has 0 atom stereocenters. The molecule has 0 aliphatic rings. The van der Waals surface area contributed by atoms with Crippen LogP contribution >= 0.6 is 11.6 Å². The molecule has 0 fully saturated rings. The molecule has 0 nitrogen and oxygen atoms in total. The maximum absolute atomic E-state index is 5.42. The van der Waals surface area contributed by atoms with Crippen molar-refractivity contribution in [1.29, 1.82) is 0 Å². The minimum atomic E-state index is 0.422. The number of hydrogen-bond acceptors (Lipinski definition) is 0. The van der Waals surface area contributed by atoms with Crippen LogP contribution in [0.3, 0.4) is 0 Å². The second-order valence-corrected chi connectivity index (χ2v) is 2.92. The summed E-state index contributed by atoms with van der Waals surface area (Å²) in [5, 5.41) is 0. The van der Waals surface area contributed by atoms with Crippen molar-refractivity contribution in [2.75, 3.05) is 5.88 Å². The Labute approximate surface area is 78.6 Å². The lowest BCUT2D eigenvalue weighted by Crippen LogP contribution is -1.81. The molecule has 0 radical (unpaired) electrons. The summed E-state index contributed by atoms with van der Waals surface area (Å²) in [5.74, 6) is 6.24. The first-order valence-corrected chi connectivity index (χ1v) is 4.43. The van der Waals surface area contributed by atoms with Gasteiger partial charge in [-0.25, -0.2) is 0 Å². The van der Waals surface area contributed by atoms with Crippen LogP contribution in [0.2, 0.25) is 0 Å². The van der Waals surface area contributed by atoms with Gasteiger partial charge in [0.1, 0.15) is 0 Å². The van der Waals surface area contributed by atoms with Crippen molar-refractivity contribution in [1.82, 2.24) is 0 Å². The van der Waals surface area contributed by atoms with Gasteiger partial charge in [-0.2, -0.15) is 0 Å². The van der Waals surface area contributed by atoms with Gasteiger partial charge in [-0.3, -0.25) is 0 Å². The first-order chi connectivity index (χ1) is 5.83. The molecule has 0 saturated heterocycles. The van der Waals surface area contributed by atoms with E-state index in [0.29, 0.717) is 5.88 Å². The zero-order valence-electron chi connectivity index (χ0n) is 7.10. The second kappa shape index (κ2) is 4.85. The van der Waals surface area contributed by atoms with Gasteiger partial charge in [0.05, 0.1) is 5.88 Å². The zero-order valence-corrected chi connectivity index (χ0v) is 7.86. The van der Waals surface area contributed by atoms with Crippen LogP contribution in [0.4, 0.5) is 0 Å². The predicted molar refractivity (Wildman–Crippen MR) is 53.4 cm³/mol. The van der Waals surface area contributed by atoms with E-state index < -0.39 is 0 Å². The fraction of sp³-hybridized carbons (Fsp3) is 0.273. The minimum Gasteiger partial charge on any atom is -0.113 e. The highest BCUT2D eigenvalue weighted by atomic mass is 35.5. The molecule has 0 spiro atoms. The van der Waals surface area contributed by atoms with Crippen LogP contribution in [-0.2, 0) is 6.42 Å². The van der Waals surface area contributed by atoms with Gasteiger partial charge in [-0.1, -0.05) is 41.7 Å². The van der Waals surface area contributed by atoms with Crippen LogP contribution in [0.15, 0.2) is 24.3 Å². The molecule has 62 valence electrons. The van der Waals surface area contributed by atoms with Crippen molar-refractivity contribution < 1.29 is 0 Å². The highest BCUT2D eigenvalue weighted by Gasteiger charge is 1.87. The van der Waals surface area contributed by atoms with Crippen LogP contribution in [0.25, 0.3) is 0 Å². The molecule has 0 saturated carbocycles. The number of rotatable bonds is 1. The molecule has 0 bridgehead atoms. The van der Waals surface area contributed by atoms with Crippen molar-refractivity contribution in [2.45, 2.75) is 13.3 Å². The van der Waals surface area contributed by atoms with Crippen molar-refractivity contribution in [3.05, 3.63) is 35.4 Å². The molecular formula is C11H11Cl. The normalized spacial score (nSPS) is 8.83. The van der Waals surface area contributed by atoms with E-state index >= 15 is 0 Å². The summed E-state index contributed by atoms with van der Waals surface area (Å²) in [7, 11) is 0. The molecule has 1 aromatic carbocycles. The summed E-state index contributed by atoms with van der Waals surface area (Å²) < 4.78 is 0. The highest BCUT2D eigenvalue weighted by Crippen LogP contribution is 2.02. The van der Waals surface area contributed by atoms with Crippen LogP contribution in [-0.4, -0.2) is 5.88 Å². The Bertz CT molecular complexity index is 287. The van der Waals surface area contributed by atoms with Gasteiger partial charge in [0.25, 0.3) is 0 Å². The summed E-state index contributed by atoms with van der Waals surface area (Å²) in [5.41, 5.74) is 2.53. The lowest BCUT2D eigenvalue weighted by atomic mass is 10.1. The van der Waals surface area contributed by atoms with Crippen LogP contribution in [0.1, 0.15) is 11.1 Å². The van der Waals surface area contributed by atoms with E-state index in [9.17, 15) is 0 Å². The minimum absolute atomic E-state index is 0.422. The summed E-state index contributed by atoms with van der Waals surface area (Å²) in [4.78, 5) is 0. The van der Waals surface area contributed by atoms with E-state index in [4.69, 9.17) is 11.6 Å². The standard InChI is InChI=1S/C11H11Cl/c1-10-5-7-11(8-6-10)4-2-3-9-12/h5-8H,4,9H2,1H3. The first kappa shape index (κ1) is 9.16. The summed E-state index contributed by atoms with van der Waals surface area (Å²) >= 11 is 5.42. The van der Waals surface area contributed by atoms with Crippen molar-refractivity contribution in [2.24, 2.45) is 0 Å². The van der Waals surface area contributed by atoms with Gasteiger partial charge in [0.2, 0.25) is 0 Å². The van der Waals surface area contributed by atoms with E-state index in [2.05, 4.69) is 43.0 Å². The maximum Gasteiger partial charge on any atom is 0.0835 e. The summed E-state index contributed by atoms with van der Waals surface area (Å²) in [6.45, 7) is 2.08. The summed E-state index contributed by atoms with van der Waals surface area (Å²) in [6, 6.07) is 8.38. The molecule has 1 aromatic rings. The Hall–Kier alpha value is -0.930. The van der Waals surface area contributed by atoms with Gasteiger partial charge >= 0.3 is 0 Å². The van der Waals surface area contributed by atoms with E-state index in [1.165, 1.54) is 11.1 Å². The Balaban J connectivity index is 2.59. The second-order valence-electron chi connectivity index (χ2n) is 2.65. The molecule has 12 heavy (non-hydrogen) atoms. The van der Waals surface area contributed by atoms with E-state index in [1.54, 1.807) is 0 Å². The largest absolute Gasteiger partial charge is 0.113 e. The lowest BCUT2D eigenvalue weighted by Gasteiger charge is -1.94. The number of halogens is 1. The van der Waals surface area contributed by atoms with Crippen LogP contribution in [0, 0.1) is 18.8 Å². The van der Waals surface area contributed by atoms with E-state index in [0.717, 1.165) is 6.42 Å². The van der Waals surface area contributed by atoms with Gasteiger partial charge in [-0.15, -0.1) is 11.6 Å². The Morgan fingerprint density at radius 2 is 1.83 bits per heavy atom. The molecule has 0 heterocycles. The average molecular weight is 179 g/mol. The number of alkyl halides is 1. The van der Waals surface area contributed by atoms with E-state index in [1.807, 2.05) is 0 Å². The third kappa shape index (κ3) is 2.98. The molecule has 0 N–H and O–H groups in total. The van der Waals surface area contributed by atoms with Gasteiger partial charge < -0.3 is 0 Å². The van der Waals surface area contributed by atoms with Crippen molar-refractivity contribution in [3.63, 3.8) is 0 Å². The number of hydrogen-bond donors (Lipinski definition) is 0. The van der Waals surface area contributed by atoms with Gasteiger partial charge in [0, 0.05) is 6.42 Å². The third-order valence-corrected chi connectivity index (χ3v) is 1.74. The first-order valence-electron chi connectivity index (χ1n) is 3.90. The highest BCUT2D eigenvalue weighted by molar-refractivity contribution is 6.19. The molecule has 0 amide bonds. The quantitative estimate of drug-likeness (QED) is 0.458. The molecule has 0 aliphatic heterocycles. The monoisotopic (exact) mass is 178 g/mol. The van der Waals surface area contributed by atoms with E-state index in [-0.39, 0.29) is 0 Å². The maximum atomic E-state index is 5.42. The zero-order chi connectivity index (χ0) is 8.81. The number of benzene rings is 1. The fourth-order valence-electron chi connectivity index (χ4n) is 0.918. The van der Waals surface area contributed by atoms with Crippen LogP contribution in [0.5, 0.6) is 0 Å². The van der Waals surface area contributed by atoms with Crippen molar-refractivity contribution in [3.8, 4) is 11.8 Å². The fourth-order valence-corrected chi connectivity index (χ4v) is 1.01. The molecule has 1 rings (SSSR count). The number of aryl methyl sites for hydroxylation is 1. The smallest absolute Gasteiger partial charge is 0.0835 e. The SMILES string of the molecule is Cc1ccc(CC#CCCl)cc1.